The normalized spacial score (nSPS) is 6.71. The molecule has 0 unspecified atom stereocenters. The molecule has 78 valence electrons. The van der Waals surface area contributed by atoms with Gasteiger partial charge in [-0.1, -0.05) is 24.3 Å². The number of hydrogen-bond donors (Lipinski definition) is 0. The summed E-state index contributed by atoms with van der Waals surface area (Å²) in [5.41, 5.74) is -0.703. The number of hydrogen-bond acceptors (Lipinski definition) is 2. The van der Waals surface area contributed by atoms with Crippen LogP contribution < -0.4 is 10.9 Å². The molecule has 6 heteroatoms. The van der Waals surface area contributed by atoms with Crippen LogP contribution in [0.15, 0.2) is 33.9 Å². The summed E-state index contributed by atoms with van der Waals surface area (Å²) in [5.74, 6) is 0. The van der Waals surface area contributed by atoms with E-state index >= 15 is 0 Å². The van der Waals surface area contributed by atoms with Gasteiger partial charge in [-0.3, -0.25) is 9.59 Å². The molecule has 0 aromatic heterocycles. The van der Waals surface area contributed by atoms with Crippen LogP contribution in [-0.2, 0) is 31.3 Å². The molecule has 0 radical (unpaired) electrons. The van der Waals surface area contributed by atoms with E-state index in [1.54, 1.807) is 24.3 Å². The van der Waals surface area contributed by atoms with Gasteiger partial charge in [-0.25, -0.2) is 0 Å². The average Bonchev–Trinajstić information content (AvgIpc) is 2.44. The van der Waals surface area contributed by atoms with Gasteiger partial charge in [0.05, 0.1) is 0 Å². The van der Waals surface area contributed by atoms with Gasteiger partial charge in [-0.2, -0.15) is 0 Å². The van der Waals surface area contributed by atoms with Gasteiger partial charge >= 0.3 is 51.3 Å². The van der Waals surface area contributed by atoms with Gasteiger partial charge in [0, 0.05) is 10.8 Å². The van der Waals surface area contributed by atoms with E-state index in [1.165, 1.54) is 0 Å². The van der Waals surface area contributed by atoms with Crippen molar-refractivity contribution in [3.63, 3.8) is 0 Å². The summed E-state index contributed by atoms with van der Waals surface area (Å²) < 4.78 is 22.5. The first kappa shape index (κ1) is 20.7. The maximum atomic E-state index is 10.7. The van der Waals surface area contributed by atoms with Crippen molar-refractivity contribution < 1.29 is 31.3 Å². The molecule has 17 heavy (non-hydrogen) atoms. The first-order chi connectivity index (χ1) is 7.80. The average molecular weight is 268 g/mol. The Morgan fingerprint density at radius 3 is 1.18 bits per heavy atom. The van der Waals surface area contributed by atoms with Crippen molar-refractivity contribution in [2.24, 2.45) is 0 Å². The number of rotatable bonds is 0. The molecule has 0 saturated carbocycles. The van der Waals surface area contributed by atoms with Crippen molar-refractivity contribution >= 4 is 10.8 Å². The zero-order chi connectivity index (χ0) is 13.1. The van der Waals surface area contributed by atoms with Crippen LogP contribution in [0.5, 0.6) is 0 Å². The van der Waals surface area contributed by atoms with Crippen LogP contribution in [0, 0.1) is 20.0 Å². The Kier molecular flexibility index (Phi) is 15.1. The molecule has 0 atom stereocenters. The zero-order valence-corrected chi connectivity index (χ0v) is 9.53. The predicted molar refractivity (Wildman–Crippen MR) is 50.6 cm³/mol. The van der Waals surface area contributed by atoms with Crippen LogP contribution >= 0.6 is 0 Å². The zero-order valence-electron chi connectivity index (χ0n) is 8.26. The Hall–Kier alpha value is -1.69. The molecule has 2 aromatic rings. The third-order valence-corrected chi connectivity index (χ3v) is 1.62. The monoisotopic (exact) mass is 268 g/mol. The number of benzene rings is 1. The first-order valence-corrected chi connectivity index (χ1v) is 3.60. The second kappa shape index (κ2) is 12.4. The minimum atomic E-state index is -0.351. The van der Waals surface area contributed by atoms with Gasteiger partial charge in [0.1, 0.15) is 0 Å². The molecule has 2 rings (SSSR count). The molecule has 0 bridgehead atoms. The SMILES string of the molecule is O=c1c(=O)c2ccccc12.[C-]#[O+].[C-]#[O+].[C-]#[O+].[Cr+6]. The maximum absolute atomic E-state index is 10.7. The molecular weight excluding hydrogens is 264 g/mol. The van der Waals surface area contributed by atoms with Gasteiger partial charge in [-0.05, 0) is 0 Å². The summed E-state index contributed by atoms with van der Waals surface area (Å²) in [6, 6.07) is 6.84. The number of fused-ring (bicyclic) bond motifs is 1. The van der Waals surface area contributed by atoms with Crippen molar-refractivity contribution in [2.75, 3.05) is 0 Å². The molecule has 0 spiro atoms. The molecular formula is C11H4CrO5+6. The molecule has 0 amide bonds. The van der Waals surface area contributed by atoms with Gasteiger partial charge in [0.15, 0.2) is 0 Å². The van der Waals surface area contributed by atoms with Crippen LogP contribution in [0.3, 0.4) is 0 Å². The second-order valence-electron chi connectivity index (χ2n) is 2.20. The predicted octanol–water partition coefficient (Wildman–Crippen LogP) is 0.321. The summed E-state index contributed by atoms with van der Waals surface area (Å²) in [4.78, 5) is 21.4. The molecule has 0 heterocycles. The van der Waals surface area contributed by atoms with Crippen molar-refractivity contribution in [2.45, 2.75) is 0 Å². The fourth-order valence-corrected chi connectivity index (χ4v) is 1.06. The minimum Gasteiger partial charge on any atom is 6.00 e. The van der Waals surface area contributed by atoms with E-state index in [-0.39, 0.29) is 28.2 Å². The third-order valence-electron chi connectivity index (χ3n) is 1.62. The Balaban J connectivity index is -0.000000248. The molecule has 0 fully saturated rings. The van der Waals surface area contributed by atoms with E-state index in [2.05, 4.69) is 20.0 Å². The van der Waals surface area contributed by atoms with Crippen molar-refractivity contribution in [3.8, 4) is 0 Å². The summed E-state index contributed by atoms with van der Waals surface area (Å²) in [6.07, 6.45) is 0. The van der Waals surface area contributed by atoms with E-state index < -0.39 is 0 Å². The Morgan fingerprint density at radius 1 is 0.706 bits per heavy atom. The van der Waals surface area contributed by atoms with Crippen LogP contribution in [0.25, 0.3) is 10.8 Å². The summed E-state index contributed by atoms with van der Waals surface area (Å²) in [7, 11) is 0. The second-order valence-corrected chi connectivity index (χ2v) is 2.20. The molecule has 0 saturated heterocycles. The largest absolute Gasteiger partial charge is 6.00 e. The van der Waals surface area contributed by atoms with Gasteiger partial charge in [0.25, 0.3) is 0 Å². The standard InChI is InChI=1S/C8H4O2.3CO.Cr/c9-7-5-3-1-2-4-6(5)8(7)10;3*1-2;/h1-4H;;;;/q;;;;+6. The molecule has 0 aliphatic carbocycles. The molecule has 0 aliphatic heterocycles. The maximum Gasteiger partial charge on any atom is 6.00 e. The molecule has 0 N–H and O–H groups in total. The topological polar surface area (TPSA) is 93.8 Å². The van der Waals surface area contributed by atoms with Gasteiger partial charge in [-0.15, -0.1) is 0 Å². The smallest absolute Gasteiger partial charge is 6.00 e. The van der Waals surface area contributed by atoms with E-state index in [4.69, 9.17) is 14.0 Å². The van der Waals surface area contributed by atoms with E-state index in [0.717, 1.165) is 0 Å². The Morgan fingerprint density at radius 2 is 0.941 bits per heavy atom. The fraction of sp³-hybridized carbons (Fsp3) is 0. The van der Waals surface area contributed by atoms with E-state index in [9.17, 15) is 9.59 Å². The van der Waals surface area contributed by atoms with Crippen molar-refractivity contribution in [3.05, 3.63) is 64.7 Å². The Labute approximate surface area is 107 Å². The summed E-state index contributed by atoms with van der Waals surface area (Å²) >= 11 is 0. The molecule has 5 nitrogen and oxygen atoms in total. The molecule has 0 aliphatic rings. The van der Waals surface area contributed by atoms with E-state index in [1.807, 2.05) is 0 Å². The quantitative estimate of drug-likeness (QED) is 0.391. The van der Waals surface area contributed by atoms with Crippen LogP contribution in [0.4, 0.5) is 0 Å². The van der Waals surface area contributed by atoms with Crippen molar-refractivity contribution in [1.82, 2.24) is 0 Å². The minimum absolute atomic E-state index is 0. The van der Waals surface area contributed by atoms with Gasteiger partial charge in [0.2, 0.25) is 10.9 Å². The van der Waals surface area contributed by atoms with Crippen LogP contribution in [0.1, 0.15) is 0 Å². The van der Waals surface area contributed by atoms with Crippen LogP contribution in [-0.4, -0.2) is 0 Å². The van der Waals surface area contributed by atoms with Crippen molar-refractivity contribution in [1.29, 1.82) is 0 Å². The van der Waals surface area contributed by atoms with Gasteiger partial charge < -0.3 is 0 Å². The summed E-state index contributed by atoms with van der Waals surface area (Å²) in [6.45, 7) is 13.5. The van der Waals surface area contributed by atoms with Crippen LogP contribution in [0.2, 0.25) is 0 Å². The third kappa shape index (κ3) is 4.78. The van der Waals surface area contributed by atoms with E-state index in [0.29, 0.717) is 10.8 Å². The summed E-state index contributed by atoms with van der Waals surface area (Å²) in [5, 5.41) is 1.13. The first-order valence-electron chi connectivity index (χ1n) is 3.60. The Bertz CT molecular complexity index is 515. The fourth-order valence-electron chi connectivity index (χ4n) is 1.06. The molecule has 2 aromatic carbocycles.